The van der Waals surface area contributed by atoms with Gasteiger partial charge in [0.05, 0.1) is 12.5 Å². The average Bonchev–Trinajstić information content (AvgIpc) is 3.63. The summed E-state index contributed by atoms with van der Waals surface area (Å²) in [4.78, 5) is 130. The lowest BCUT2D eigenvalue weighted by Gasteiger charge is -2.45. The molecule has 28 heteroatoms. The van der Waals surface area contributed by atoms with Gasteiger partial charge in [0.15, 0.2) is 11.7 Å². The van der Waals surface area contributed by atoms with Gasteiger partial charge in [-0.1, -0.05) is 49.4 Å². The molecule has 1 unspecified atom stereocenters. The summed E-state index contributed by atoms with van der Waals surface area (Å²) < 4.78 is 57.7. The molecule has 6 fully saturated rings. The molecule has 3 aromatic rings. The molecule has 6 amide bonds. The van der Waals surface area contributed by atoms with Gasteiger partial charge < -0.3 is 50.3 Å². The molecule has 2 aromatic carbocycles. The summed E-state index contributed by atoms with van der Waals surface area (Å²) >= 11 is 1.73. The SMILES string of the molecule is CC[C@H]1NC(=O)[C@@H](NC(=O)c2ncccc2O)[C@H](C)OC(=O)[C@H](c2ccccc2)NC(=O)[C@@H]2CC(=O)[C@H](CS[C@@H]3CN4CCC3CC4)CN2C(=O)C(Cc2ccc(N(C)C)cc2)N(C)C(=O)[C@@H]2CCCN2C1=O.CS(=O)(=O)O.CS(=O)(=O)O. The number of ketones is 1. The van der Waals surface area contributed by atoms with Crippen molar-refractivity contribution in [2.75, 3.05) is 77.0 Å². The highest BCUT2D eigenvalue weighted by Crippen LogP contribution is 2.37. The summed E-state index contributed by atoms with van der Waals surface area (Å²) in [7, 11) is -2.00. The van der Waals surface area contributed by atoms with Crippen LogP contribution in [-0.4, -0.2) is 217 Å². The van der Waals surface area contributed by atoms with Crippen molar-refractivity contribution in [3.63, 3.8) is 0 Å². The molecule has 9 atom stereocenters. The molecule has 2 bridgehead atoms. The van der Waals surface area contributed by atoms with Gasteiger partial charge in [-0.15, -0.1) is 0 Å². The van der Waals surface area contributed by atoms with Crippen molar-refractivity contribution in [1.29, 1.82) is 0 Å². The molecule has 0 aliphatic carbocycles. The van der Waals surface area contributed by atoms with Crippen LogP contribution in [0, 0.1) is 11.8 Å². The summed E-state index contributed by atoms with van der Waals surface area (Å²) in [5.74, 6) is -5.83. The second-order valence-electron chi connectivity index (χ2n) is 21.6. The number of hydrogen-bond donors (Lipinski definition) is 6. The maximum absolute atomic E-state index is 15.7. The number of cyclic esters (lactones) is 1. The zero-order chi connectivity index (χ0) is 61.1. The van der Waals surface area contributed by atoms with E-state index in [1.165, 1.54) is 47.0 Å². The third-order valence-corrected chi connectivity index (χ3v) is 16.7. The normalized spacial score (nSPS) is 27.4. The number of carbonyl (C=O) groups is 8. The van der Waals surface area contributed by atoms with Gasteiger partial charge in [-0.25, -0.2) is 9.78 Å². The molecule has 6 N–H and O–H groups in total. The highest BCUT2D eigenvalue weighted by Gasteiger charge is 2.48. The van der Waals surface area contributed by atoms with Crippen molar-refractivity contribution in [3.8, 4) is 5.75 Å². The van der Waals surface area contributed by atoms with Crippen LogP contribution in [0.4, 0.5) is 5.69 Å². The third-order valence-electron chi connectivity index (χ3n) is 15.2. The quantitative estimate of drug-likeness (QED) is 0.123. The lowest BCUT2D eigenvalue weighted by Crippen LogP contribution is -2.63. The number of fused-ring (bicyclic) bond motifs is 5. The number of ether oxygens (including phenoxy) is 1. The minimum atomic E-state index is -3.67. The molecular weight excluding hydrogens is 1140 g/mol. The summed E-state index contributed by atoms with van der Waals surface area (Å²) in [5, 5.41) is 18.8. The number of benzene rings is 2. The van der Waals surface area contributed by atoms with Crippen LogP contribution in [0.2, 0.25) is 0 Å². The number of nitrogens with zero attached hydrogens (tertiary/aromatic N) is 6. The van der Waals surface area contributed by atoms with Crippen LogP contribution in [0.1, 0.15) is 80.0 Å². The Morgan fingerprint density at radius 1 is 0.807 bits per heavy atom. The zero-order valence-electron chi connectivity index (χ0n) is 47.5. The fourth-order valence-corrected chi connectivity index (χ4v) is 12.4. The number of rotatable bonds is 10. The fraction of sp³-hybridized carbons (Fsp3) is 0.545. The number of aromatic hydroxyl groups is 1. The van der Waals surface area contributed by atoms with E-state index in [9.17, 15) is 45.9 Å². The van der Waals surface area contributed by atoms with Crippen LogP contribution in [0.5, 0.6) is 5.75 Å². The van der Waals surface area contributed by atoms with Gasteiger partial charge in [0.1, 0.15) is 47.8 Å². The predicted octanol–water partition coefficient (Wildman–Crippen LogP) is 1.33. The molecule has 6 aliphatic heterocycles. The van der Waals surface area contributed by atoms with Gasteiger partial charge in [0.2, 0.25) is 29.5 Å². The summed E-state index contributed by atoms with van der Waals surface area (Å²) in [6.45, 7) is 6.11. The van der Waals surface area contributed by atoms with Crippen LogP contribution in [0.3, 0.4) is 0 Å². The Morgan fingerprint density at radius 2 is 1.45 bits per heavy atom. The molecule has 0 radical (unpaired) electrons. The number of hydrogen-bond acceptors (Lipinski definition) is 18. The molecule has 9 rings (SSSR count). The van der Waals surface area contributed by atoms with Crippen molar-refractivity contribution in [3.05, 3.63) is 89.7 Å². The standard InChI is InChI=1S/C53H67N9O10S.2CH4O3S/c1-6-37-50(68)61-23-11-14-38(61)51(69)59(5)40(26-32-16-18-36(19-17-32)58(3)4)52(70)62-28-35(30-73-43-29-60-24-20-33(43)21-25-60)42(64)27-39(62)47(65)57-45(34-12-8-7-9-13-34)53(71)72-31(2)44(48(66)55-37)56-49(67)46-41(63)15-10-22-54-46;2*1-5(2,3)4/h7-10,12-13,15-19,22,31,33,35,37-40,43-45,63H,6,11,14,20-21,23-30H2,1-5H3,(H,55,66)(H,56,67)(H,57,65);2*1H3,(H,2,3,4)/t31-,35-,37+,38-,39-,40?,43+,44-,45-;;/m0../s1. The van der Waals surface area contributed by atoms with Gasteiger partial charge >= 0.3 is 5.97 Å². The minimum Gasteiger partial charge on any atom is -0.505 e. The van der Waals surface area contributed by atoms with E-state index in [0.717, 1.165) is 43.7 Å². The molecule has 83 heavy (non-hydrogen) atoms. The number of nitrogens with one attached hydrogen (secondary N) is 3. The van der Waals surface area contributed by atoms with Crippen LogP contribution >= 0.6 is 11.8 Å². The average molecular weight is 1210 g/mol. The van der Waals surface area contributed by atoms with Crippen LogP contribution < -0.4 is 20.9 Å². The molecule has 6 aliphatic rings. The highest BCUT2D eigenvalue weighted by molar-refractivity contribution is 8.00. The molecule has 0 spiro atoms. The number of Topliss-reactive ketones (excluding diaryl/α,β-unsaturated/α-hetero) is 1. The molecule has 7 heterocycles. The first-order valence-corrected chi connectivity index (χ1v) is 31.9. The Hall–Kier alpha value is -6.72. The van der Waals surface area contributed by atoms with Crippen molar-refractivity contribution in [2.45, 2.75) is 106 Å². The molecule has 1 aromatic heterocycles. The largest absolute Gasteiger partial charge is 0.505 e. The van der Waals surface area contributed by atoms with E-state index >= 15 is 14.4 Å². The number of aromatic nitrogens is 1. The Morgan fingerprint density at radius 3 is 2.02 bits per heavy atom. The van der Waals surface area contributed by atoms with Crippen molar-refractivity contribution < 1.29 is 74.1 Å². The third kappa shape index (κ3) is 18.1. The molecule has 454 valence electrons. The number of esters is 1. The first-order valence-electron chi connectivity index (χ1n) is 27.2. The number of carbonyl (C=O) groups excluding carboxylic acids is 8. The first-order chi connectivity index (χ1) is 39.0. The van der Waals surface area contributed by atoms with Gasteiger partial charge in [-0.2, -0.15) is 28.6 Å². The molecule has 25 nitrogen and oxygen atoms in total. The van der Waals surface area contributed by atoms with E-state index in [1.807, 2.05) is 43.3 Å². The van der Waals surface area contributed by atoms with Gasteiger partial charge in [0.25, 0.3) is 26.1 Å². The summed E-state index contributed by atoms with van der Waals surface area (Å²) in [6.07, 6.45) is 3.83. The lowest BCUT2D eigenvalue weighted by atomic mass is 9.88. The Labute approximate surface area is 488 Å². The van der Waals surface area contributed by atoms with E-state index in [2.05, 4.69) is 25.8 Å². The minimum absolute atomic E-state index is 0.0289. The number of thioether (sulfide) groups is 1. The van der Waals surface area contributed by atoms with Crippen LogP contribution in [0.15, 0.2) is 72.9 Å². The Balaban J connectivity index is 0.00000102. The number of pyridine rings is 1. The summed E-state index contributed by atoms with van der Waals surface area (Å²) in [6, 6.07) is 10.3. The zero-order valence-corrected chi connectivity index (χ0v) is 49.9. The second-order valence-corrected chi connectivity index (χ2v) is 25.8. The Bertz CT molecular complexity index is 3010. The highest BCUT2D eigenvalue weighted by atomic mass is 32.2. The monoisotopic (exact) mass is 1210 g/mol. The molecule has 6 saturated heterocycles. The van der Waals surface area contributed by atoms with E-state index in [4.69, 9.17) is 13.8 Å². The van der Waals surface area contributed by atoms with Gasteiger partial charge in [-0.3, -0.25) is 42.7 Å². The summed E-state index contributed by atoms with van der Waals surface area (Å²) in [5.41, 5.74) is 1.49. The van der Waals surface area contributed by atoms with Gasteiger partial charge in [0, 0.05) is 82.4 Å². The van der Waals surface area contributed by atoms with E-state index in [1.54, 1.807) is 49.0 Å². The number of likely N-dealkylation sites (N-methyl/N-ethyl adjacent to an activating group) is 1. The van der Waals surface area contributed by atoms with Crippen molar-refractivity contribution >= 4 is 84.9 Å². The van der Waals surface area contributed by atoms with E-state index in [0.29, 0.717) is 35.9 Å². The number of amides is 6. The smallest absolute Gasteiger partial charge is 0.333 e. The van der Waals surface area contributed by atoms with Crippen molar-refractivity contribution in [1.82, 2.24) is 40.5 Å². The molecular formula is C55H75N9O16S3. The van der Waals surface area contributed by atoms with Crippen molar-refractivity contribution in [2.24, 2.45) is 11.8 Å². The van der Waals surface area contributed by atoms with E-state index < -0.39 is 121 Å². The molecule has 0 saturated carbocycles. The second kappa shape index (κ2) is 28.7. The number of piperidine rings is 4. The predicted molar refractivity (Wildman–Crippen MR) is 307 cm³/mol. The number of anilines is 1. The van der Waals surface area contributed by atoms with Crippen LogP contribution in [-0.2, 0) is 65.0 Å². The maximum atomic E-state index is 15.7. The fourth-order valence-electron chi connectivity index (χ4n) is 10.8. The first kappa shape index (κ1) is 65.4. The van der Waals surface area contributed by atoms with Crippen LogP contribution in [0.25, 0.3) is 0 Å². The van der Waals surface area contributed by atoms with Gasteiger partial charge in [-0.05, 0) is 93.4 Å². The Kier molecular flexibility index (Phi) is 22.6. The lowest BCUT2D eigenvalue weighted by molar-refractivity contribution is -0.157. The maximum Gasteiger partial charge on any atom is 0.333 e. The van der Waals surface area contributed by atoms with E-state index in [-0.39, 0.29) is 50.1 Å². The topological polar surface area (TPSA) is 340 Å².